The van der Waals surface area contributed by atoms with Crippen molar-refractivity contribution in [1.29, 1.82) is 0 Å². The number of aliphatic hydroxyl groups excluding tert-OH is 1. The first-order chi connectivity index (χ1) is 20.3. The minimum atomic E-state index is -0.885. The molecular formula is C32H48N6O3S. The minimum absolute atomic E-state index is 0.0120. The van der Waals surface area contributed by atoms with Crippen LogP contribution < -0.4 is 10.0 Å². The van der Waals surface area contributed by atoms with Gasteiger partial charge in [-0.3, -0.25) is 24.3 Å². The van der Waals surface area contributed by atoms with E-state index in [1.165, 1.54) is 17.5 Å². The van der Waals surface area contributed by atoms with Crippen LogP contribution in [0.2, 0.25) is 0 Å². The molecule has 5 rings (SSSR count). The molecule has 9 nitrogen and oxygen atoms in total. The maximum absolute atomic E-state index is 14.1. The Bertz CT molecular complexity index is 1200. The Kier molecular flexibility index (Phi) is 9.97. The van der Waals surface area contributed by atoms with Gasteiger partial charge in [-0.1, -0.05) is 44.7 Å². The van der Waals surface area contributed by atoms with Crippen molar-refractivity contribution >= 4 is 23.8 Å². The predicted octanol–water partition coefficient (Wildman–Crippen LogP) is 4.25. The summed E-state index contributed by atoms with van der Waals surface area (Å²) in [6.45, 7) is 8.10. The molecule has 1 saturated carbocycles. The van der Waals surface area contributed by atoms with Crippen molar-refractivity contribution in [2.24, 2.45) is 5.92 Å². The lowest BCUT2D eigenvalue weighted by Gasteiger charge is -2.53. The van der Waals surface area contributed by atoms with Gasteiger partial charge in [-0.05, 0) is 88.6 Å². The molecule has 2 aliphatic heterocycles. The molecule has 2 saturated heterocycles. The number of benzene rings is 1. The van der Waals surface area contributed by atoms with E-state index in [1.807, 2.05) is 18.9 Å². The van der Waals surface area contributed by atoms with E-state index in [-0.39, 0.29) is 23.8 Å². The Morgan fingerprint density at radius 3 is 2.40 bits per heavy atom. The standard InChI is InChI=1S/C32H48N6O3S/c1-5-6-18-38-30(40)27(29(39)24-10-8-7-9-11-24)34-31(41)32(38)16-19-37(20-17-32)28(26-21(2)35-36-22(26)3)23-12-14-25(15-13-23)42-33-4/h12-15,24,27-29,33,39H,5-11,16-20H2,1-4H3,(H,34,41)(H,35,36)/t27-,28?,29-/m1/s1. The molecule has 0 bridgehead atoms. The molecule has 1 aromatic carbocycles. The first kappa shape index (κ1) is 31.0. The summed E-state index contributed by atoms with van der Waals surface area (Å²) in [5.74, 6) is -0.138. The number of aromatic nitrogens is 2. The van der Waals surface area contributed by atoms with E-state index < -0.39 is 17.7 Å². The van der Waals surface area contributed by atoms with Crippen molar-refractivity contribution < 1.29 is 14.7 Å². The Morgan fingerprint density at radius 2 is 1.81 bits per heavy atom. The highest BCUT2D eigenvalue weighted by Crippen LogP contribution is 2.41. The van der Waals surface area contributed by atoms with E-state index in [1.54, 1.807) is 11.9 Å². The zero-order valence-electron chi connectivity index (χ0n) is 25.6. The van der Waals surface area contributed by atoms with Gasteiger partial charge >= 0.3 is 0 Å². The number of carbonyl (C=O) groups excluding carboxylic acids is 2. The van der Waals surface area contributed by atoms with Crippen LogP contribution in [0.25, 0.3) is 0 Å². The summed E-state index contributed by atoms with van der Waals surface area (Å²) in [5.41, 5.74) is 3.48. The molecule has 1 aliphatic carbocycles. The monoisotopic (exact) mass is 596 g/mol. The van der Waals surface area contributed by atoms with Crippen LogP contribution in [0.4, 0.5) is 0 Å². The number of unbranched alkanes of at least 4 members (excludes halogenated alkanes) is 1. The summed E-state index contributed by atoms with van der Waals surface area (Å²) < 4.78 is 3.14. The summed E-state index contributed by atoms with van der Waals surface area (Å²) in [6.07, 6.45) is 7.21. The molecule has 4 N–H and O–H groups in total. The van der Waals surface area contributed by atoms with E-state index in [0.717, 1.165) is 54.8 Å². The molecule has 0 radical (unpaired) electrons. The Labute approximate surface area is 254 Å². The fourth-order valence-electron chi connectivity index (χ4n) is 7.47. The molecule has 1 spiro atoms. The lowest BCUT2D eigenvalue weighted by atomic mass is 9.77. The summed E-state index contributed by atoms with van der Waals surface area (Å²) in [5, 5.41) is 22.0. The van der Waals surface area contributed by atoms with Gasteiger partial charge in [-0.25, -0.2) is 0 Å². The van der Waals surface area contributed by atoms with Crippen LogP contribution in [0, 0.1) is 19.8 Å². The van der Waals surface area contributed by atoms with E-state index in [0.29, 0.717) is 32.5 Å². The van der Waals surface area contributed by atoms with E-state index in [2.05, 4.69) is 63.2 Å². The minimum Gasteiger partial charge on any atom is -0.390 e. The normalized spacial score (nSPS) is 23.3. The van der Waals surface area contributed by atoms with Crippen molar-refractivity contribution in [2.45, 2.75) is 107 Å². The van der Waals surface area contributed by atoms with Crippen molar-refractivity contribution in [3.8, 4) is 0 Å². The first-order valence-electron chi connectivity index (χ1n) is 15.8. The van der Waals surface area contributed by atoms with Crippen LogP contribution in [0.15, 0.2) is 29.2 Å². The summed E-state index contributed by atoms with van der Waals surface area (Å²) in [4.78, 5) is 33.5. The maximum atomic E-state index is 14.1. The van der Waals surface area contributed by atoms with Gasteiger partial charge in [0.05, 0.1) is 17.8 Å². The molecule has 2 aromatic rings. The second-order valence-corrected chi connectivity index (χ2v) is 13.5. The summed E-state index contributed by atoms with van der Waals surface area (Å²) in [7, 11) is 1.91. The highest BCUT2D eigenvalue weighted by Gasteiger charge is 2.55. The van der Waals surface area contributed by atoms with Crippen LogP contribution >= 0.6 is 11.9 Å². The number of carbonyl (C=O) groups is 2. The highest BCUT2D eigenvalue weighted by atomic mass is 32.2. The first-order valence-corrected chi connectivity index (χ1v) is 16.6. The zero-order valence-corrected chi connectivity index (χ0v) is 26.4. The molecule has 3 aliphatic rings. The quantitative estimate of drug-likeness (QED) is 0.304. The second kappa shape index (κ2) is 13.5. The number of piperidine rings is 1. The molecule has 1 aromatic heterocycles. The smallest absolute Gasteiger partial charge is 0.248 e. The summed E-state index contributed by atoms with van der Waals surface area (Å²) in [6, 6.07) is 7.78. The molecule has 2 amide bonds. The second-order valence-electron chi connectivity index (χ2n) is 12.4. The number of nitrogens with zero attached hydrogens (tertiary/aromatic N) is 3. The zero-order chi connectivity index (χ0) is 29.9. The SMILES string of the molecule is CCCCN1C(=O)[C@@H]([C@H](O)C2CCCCC2)NC(=O)C12CCN(C(c1ccc(SNC)cc1)c1c(C)n[nH]c1C)CC2. The number of likely N-dealkylation sites (tertiary alicyclic amines) is 1. The van der Waals surface area contributed by atoms with Gasteiger partial charge in [0, 0.05) is 35.8 Å². The van der Waals surface area contributed by atoms with Crippen molar-refractivity contribution in [3.05, 3.63) is 46.8 Å². The van der Waals surface area contributed by atoms with E-state index in [4.69, 9.17) is 0 Å². The van der Waals surface area contributed by atoms with Crippen LogP contribution in [-0.2, 0) is 9.59 Å². The van der Waals surface area contributed by atoms with Gasteiger partial charge in [0.1, 0.15) is 11.6 Å². The van der Waals surface area contributed by atoms with Crippen molar-refractivity contribution in [2.75, 3.05) is 26.7 Å². The molecule has 10 heteroatoms. The number of hydrogen-bond acceptors (Lipinski definition) is 7. The molecule has 42 heavy (non-hydrogen) atoms. The number of hydrogen-bond donors (Lipinski definition) is 4. The van der Waals surface area contributed by atoms with E-state index >= 15 is 0 Å². The van der Waals surface area contributed by atoms with Gasteiger partial charge in [0.25, 0.3) is 0 Å². The Balaban J connectivity index is 1.40. The van der Waals surface area contributed by atoms with Gasteiger partial charge < -0.3 is 15.3 Å². The number of aromatic amines is 1. The van der Waals surface area contributed by atoms with Crippen LogP contribution in [-0.4, -0.2) is 81.3 Å². The van der Waals surface area contributed by atoms with Gasteiger partial charge in [-0.15, -0.1) is 0 Å². The number of rotatable bonds is 10. The van der Waals surface area contributed by atoms with Gasteiger partial charge in [0.2, 0.25) is 11.8 Å². The fourth-order valence-corrected chi connectivity index (χ4v) is 7.97. The third kappa shape index (κ3) is 6.00. The molecule has 1 unspecified atom stereocenters. The number of H-pyrrole nitrogens is 1. The van der Waals surface area contributed by atoms with Crippen LogP contribution in [0.3, 0.4) is 0 Å². The molecule has 3 atom stereocenters. The largest absolute Gasteiger partial charge is 0.390 e. The van der Waals surface area contributed by atoms with Crippen molar-refractivity contribution in [1.82, 2.24) is 30.0 Å². The highest BCUT2D eigenvalue weighted by molar-refractivity contribution is 7.97. The number of amides is 2. The van der Waals surface area contributed by atoms with Crippen molar-refractivity contribution in [3.63, 3.8) is 0 Å². The molecule has 230 valence electrons. The average molecular weight is 597 g/mol. The lowest BCUT2D eigenvalue weighted by molar-refractivity contribution is -0.166. The molecular weight excluding hydrogens is 548 g/mol. The summed E-state index contributed by atoms with van der Waals surface area (Å²) >= 11 is 1.59. The Hall–Kier alpha value is -2.40. The fraction of sp³-hybridized carbons (Fsp3) is 0.656. The predicted molar refractivity (Wildman–Crippen MR) is 166 cm³/mol. The number of nitrogens with one attached hydrogen (secondary N) is 3. The van der Waals surface area contributed by atoms with Crippen LogP contribution in [0.1, 0.15) is 93.3 Å². The Morgan fingerprint density at radius 1 is 1.12 bits per heavy atom. The molecule has 3 fully saturated rings. The van der Waals surface area contributed by atoms with E-state index in [9.17, 15) is 14.7 Å². The third-order valence-electron chi connectivity index (χ3n) is 9.83. The number of aliphatic hydroxyl groups is 1. The van der Waals surface area contributed by atoms with Gasteiger partial charge in [0.15, 0.2) is 0 Å². The number of aryl methyl sites for hydroxylation is 2. The average Bonchev–Trinajstić information content (AvgIpc) is 3.34. The van der Waals surface area contributed by atoms with Crippen LogP contribution in [0.5, 0.6) is 0 Å². The lowest BCUT2D eigenvalue weighted by Crippen LogP contribution is -2.75. The topological polar surface area (TPSA) is 114 Å². The third-order valence-corrected chi connectivity index (χ3v) is 10.5. The van der Waals surface area contributed by atoms with Gasteiger partial charge in [-0.2, -0.15) is 5.10 Å². The molecule has 3 heterocycles. The maximum Gasteiger partial charge on any atom is 0.248 e. The number of piperazine rings is 1.